The van der Waals surface area contributed by atoms with Gasteiger partial charge in [0.15, 0.2) is 17.5 Å². The van der Waals surface area contributed by atoms with Gasteiger partial charge in [0.2, 0.25) is 6.79 Å². The zero-order chi connectivity index (χ0) is 17.8. The standard InChI is InChI=1S/C20H22N4O2/c1-21-20(23-12-16-11-15-4-2-3-5-17(15)24-16)22-9-8-14-6-7-18-19(10-14)26-13-25-18/h2-7,10-11,24H,8-9,12-13H2,1H3,(H2,21,22,23). The monoisotopic (exact) mass is 350 g/mol. The summed E-state index contributed by atoms with van der Waals surface area (Å²) in [5.74, 6) is 2.42. The zero-order valence-electron chi connectivity index (χ0n) is 14.7. The number of H-pyrrole nitrogens is 1. The van der Waals surface area contributed by atoms with Crippen LogP contribution in [0.2, 0.25) is 0 Å². The van der Waals surface area contributed by atoms with Gasteiger partial charge in [-0.1, -0.05) is 24.3 Å². The Bertz CT molecular complexity index is 899. The minimum Gasteiger partial charge on any atom is -0.454 e. The molecule has 3 N–H and O–H groups in total. The summed E-state index contributed by atoms with van der Waals surface area (Å²) in [4.78, 5) is 7.69. The number of aromatic amines is 1. The molecule has 6 nitrogen and oxygen atoms in total. The third-order valence-corrected chi connectivity index (χ3v) is 4.40. The van der Waals surface area contributed by atoms with Crippen LogP contribution >= 0.6 is 0 Å². The first-order valence-corrected chi connectivity index (χ1v) is 8.71. The first-order valence-electron chi connectivity index (χ1n) is 8.71. The van der Waals surface area contributed by atoms with E-state index >= 15 is 0 Å². The number of nitrogens with zero attached hydrogens (tertiary/aromatic N) is 1. The number of hydrogen-bond acceptors (Lipinski definition) is 3. The largest absolute Gasteiger partial charge is 0.454 e. The molecule has 3 aromatic rings. The van der Waals surface area contributed by atoms with E-state index in [4.69, 9.17) is 9.47 Å². The molecule has 0 saturated heterocycles. The quantitative estimate of drug-likeness (QED) is 0.489. The molecule has 1 aromatic heterocycles. The number of guanidine groups is 1. The maximum Gasteiger partial charge on any atom is 0.231 e. The summed E-state index contributed by atoms with van der Waals surface area (Å²) in [6.45, 7) is 1.78. The molecule has 6 heteroatoms. The van der Waals surface area contributed by atoms with Gasteiger partial charge < -0.3 is 25.1 Å². The number of rotatable bonds is 5. The van der Waals surface area contributed by atoms with E-state index in [1.54, 1.807) is 7.05 Å². The van der Waals surface area contributed by atoms with Gasteiger partial charge in [0.25, 0.3) is 0 Å². The Balaban J connectivity index is 1.28. The van der Waals surface area contributed by atoms with Crippen LogP contribution in [0.15, 0.2) is 53.5 Å². The molecule has 0 radical (unpaired) electrons. The van der Waals surface area contributed by atoms with E-state index in [0.717, 1.165) is 41.6 Å². The zero-order valence-corrected chi connectivity index (χ0v) is 14.7. The molecule has 1 aliphatic heterocycles. The van der Waals surface area contributed by atoms with E-state index in [0.29, 0.717) is 13.3 Å². The minimum atomic E-state index is 0.307. The molecule has 0 unspecified atom stereocenters. The van der Waals surface area contributed by atoms with Crippen LogP contribution in [-0.2, 0) is 13.0 Å². The summed E-state index contributed by atoms with van der Waals surface area (Å²) in [7, 11) is 1.78. The average molecular weight is 350 g/mol. The van der Waals surface area contributed by atoms with E-state index in [1.165, 1.54) is 10.9 Å². The molecule has 0 saturated carbocycles. The summed E-state index contributed by atoms with van der Waals surface area (Å²) in [6, 6.07) is 16.5. The second kappa shape index (κ2) is 7.39. The van der Waals surface area contributed by atoms with Gasteiger partial charge in [-0.3, -0.25) is 4.99 Å². The van der Waals surface area contributed by atoms with Gasteiger partial charge in [0, 0.05) is 24.8 Å². The van der Waals surface area contributed by atoms with Crippen molar-refractivity contribution in [1.29, 1.82) is 0 Å². The van der Waals surface area contributed by atoms with Crippen molar-refractivity contribution < 1.29 is 9.47 Å². The number of aliphatic imine (C=N–C) groups is 1. The SMILES string of the molecule is CN=C(NCCc1ccc2c(c1)OCO2)NCc1cc2ccccc2[nH]1. The van der Waals surface area contributed by atoms with Crippen molar-refractivity contribution in [2.45, 2.75) is 13.0 Å². The van der Waals surface area contributed by atoms with Crippen LogP contribution in [-0.4, -0.2) is 31.3 Å². The Hall–Kier alpha value is -3.15. The average Bonchev–Trinajstić information content (AvgIpc) is 3.30. The van der Waals surface area contributed by atoms with Crippen LogP contribution < -0.4 is 20.1 Å². The highest BCUT2D eigenvalue weighted by Crippen LogP contribution is 2.32. The lowest BCUT2D eigenvalue weighted by Crippen LogP contribution is -2.37. The first kappa shape index (κ1) is 16.3. The summed E-state index contributed by atoms with van der Waals surface area (Å²) in [5, 5.41) is 7.90. The third-order valence-electron chi connectivity index (χ3n) is 4.40. The molecule has 0 bridgehead atoms. The number of aromatic nitrogens is 1. The molecule has 0 aliphatic carbocycles. The Labute approximate surface area is 152 Å². The van der Waals surface area contributed by atoms with Crippen LogP contribution in [0.4, 0.5) is 0 Å². The van der Waals surface area contributed by atoms with Gasteiger partial charge in [0.1, 0.15) is 0 Å². The van der Waals surface area contributed by atoms with E-state index in [-0.39, 0.29) is 0 Å². The van der Waals surface area contributed by atoms with Crippen LogP contribution in [0.25, 0.3) is 10.9 Å². The fourth-order valence-electron chi connectivity index (χ4n) is 3.05. The third kappa shape index (κ3) is 3.59. The number of benzene rings is 2. The molecule has 0 fully saturated rings. The van der Waals surface area contributed by atoms with Crippen molar-refractivity contribution in [1.82, 2.24) is 15.6 Å². The Morgan fingerprint density at radius 2 is 1.96 bits per heavy atom. The van der Waals surface area contributed by atoms with E-state index in [2.05, 4.69) is 44.9 Å². The van der Waals surface area contributed by atoms with Gasteiger partial charge in [-0.2, -0.15) is 0 Å². The minimum absolute atomic E-state index is 0.307. The second-order valence-corrected chi connectivity index (χ2v) is 6.17. The summed E-state index contributed by atoms with van der Waals surface area (Å²) in [5.41, 5.74) is 3.48. The Morgan fingerprint density at radius 1 is 1.08 bits per heavy atom. The Kier molecular flexibility index (Phi) is 4.64. The molecule has 1 aliphatic rings. The lowest BCUT2D eigenvalue weighted by molar-refractivity contribution is 0.174. The van der Waals surface area contributed by atoms with Crippen molar-refractivity contribution in [3.8, 4) is 11.5 Å². The van der Waals surface area contributed by atoms with Crippen LogP contribution in [0, 0.1) is 0 Å². The molecule has 2 heterocycles. The topological polar surface area (TPSA) is 70.7 Å². The molecule has 0 spiro atoms. The van der Waals surface area contributed by atoms with E-state index < -0.39 is 0 Å². The highest BCUT2D eigenvalue weighted by atomic mass is 16.7. The van der Waals surface area contributed by atoms with Crippen LogP contribution in [0.5, 0.6) is 11.5 Å². The lowest BCUT2D eigenvalue weighted by atomic mass is 10.1. The smallest absolute Gasteiger partial charge is 0.231 e. The maximum absolute atomic E-state index is 5.42. The molecule has 26 heavy (non-hydrogen) atoms. The van der Waals surface area contributed by atoms with Gasteiger partial charge in [0.05, 0.1) is 6.54 Å². The predicted molar refractivity (Wildman–Crippen MR) is 103 cm³/mol. The van der Waals surface area contributed by atoms with Crippen molar-refractivity contribution in [3.63, 3.8) is 0 Å². The maximum atomic E-state index is 5.42. The van der Waals surface area contributed by atoms with Crippen molar-refractivity contribution in [3.05, 3.63) is 59.8 Å². The van der Waals surface area contributed by atoms with Gasteiger partial charge in [-0.05, 0) is 41.6 Å². The fraction of sp³-hybridized carbons (Fsp3) is 0.250. The van der Waals surface area contributed by atoms with Crippen molar-refractivity contribution in [2.24, 2.45) is 4.99 Å². The predicted octanol–water partition coefficient (Wildman–Crippen LogP) is 2.80. The highest BCUT2D eigenvalue weighted by Gasteiger charge is 2.13. The van der Waals surface area contributed by atoms with Crippen LogP contribution in [0.1, 0.15) is 11.3 Å². The number of hydrogen-bond donors (Lipinski definition) is 3. The normalized spacial score (nSPS) is 13.2. The number of fused-ring (bicyclic) bond motifs is 2. The summed E-state index contributed by atoms with van der Waals surface area (Å²) >= 11 is 0. The van der Waals surface area contributed by atoms with Crippen molar-refractivity contribution in [2.75, 3.05) is 20.4 Å². The molecule has 134 valence electrons. The molecular weight excluding hydrogens is 328 g/mol. The summed E-state index contributed by atoms with van der Waals surface area (Å²) < 4.78 is 10.8. The molecule has 2 aromatic carbocycles. The second-order valence-electron chi connectivity index (χ2n) is 6.17. The fourth-order valence-corrected chi connectivity index (χ4v) is 3.05. The van der Waals surface area contributed by atoms with E-state index in [9.17, 15) is 0 Å². The van der Waals surface area contributed by atoms with Gasteiger partial charge in [-0.25, -0.2) is 0 Å². The van der Waals surface area contributed by atoms with Crippen LogP contribution in [0.3, 0.4) is 0 Å². The number of ether oxygens (including phenoxy) is 2. The molecule has 0 amide bonds. The highest BCUT2D eigenvalue weighted by molar-refractivity contribution is 5.81. The molecule has 4 rings (SSSR count). The molecule has 0 atom stereocenters. The summed E-state index contributed by atoms with van der Waals surface area (Å²) in [6.07, 6.45) is 0.879. The van der Waals surface area contributed by atoms with Gasteiger partial charge in [-0.15, -0.1) is 0 Å². The van der Waals surface area contributed by atoms with Gasteiger partial charge >= 0.3 is 0 Å². The number of nitrogens with one attached hydrogen (secondary N) is 3. The lowest BCUT2D eigenvalue weighted by Gasteiger charge is -2.11. The van der Waals surface area contributed by atoms with Crippen molar-refractivity contribution >= 4 is 16.9 Å². The Morgan fingerprint density at radius 3 is 2.85 bits per heavy atom. The molecular formula is C20H22N4O2. The van der Waals surface area contributed by atoms with E-state index in [1.807, 2.05) is 24.3 Å². The number of para-hydroxylation sites is 1. The first-order chi connectivity index (χ1) is 12.8.